The minimum Gasteiger partial charge on any atom is -0.329 e. The van der Waals surface area contributed by atoms with Gasteiger partial charge in [0.25, 0.3) is 0 Å². The van der Waals surface area contributed by atoms with E-state index in [-0.39, 0.29) is 24.8 Å². The third-order valence-corrected chi connectivity index (χ3v) is 0.993. The molecule has 6 nitrogen and oxygen atoms in total. The Morgan fingerprint density at radius 3 is 2.67 bits per heavy atom. The van der Waals surface area contributed by atoms with E-state index in [9.17, 15) is 0 Å². The summed E-state index contributed by atoms with van der Waals surface area (Å²) < 4.78 is 0. The minimum absolute atomic E-state index is 0. The summed E-state index contributed by atoms with van der Waals surface area (Å²) in [7, 11) is 0. The van der Waals surface area contributed by atoms with Gasteiger partial charge in [0.2, 0.25) is 0 Å². The zero-order valence-electron chi connectivity index (χ0n) is 6.36. The second-order valence-corrected chi connectivity index (χ2v) is 1.79. The molecule has 0 aliphatic rings. The van der Waals surface area contributed by atoms with Crippen LogP contribution in [0.15, 0.2) is 0 Å². The third kappa shape index (κ3) is 5.25. The first-order valence-corrected chi connectivity index (χ1v) is 3.06. The van der Waals surface area contributed by atoms with Crippen molar-refractivity contribution < 1.29 is 0 Å². The van der Waals surface area contributed by atoms with Gasteiger partial charge in [-0.2, -0.15) is 5.21 Å². The maximum absolute atomic E-state index is 5.24. The van der Waals surface area contributed by atoms with E-state index in [1.165, 1.54) is 0 Å². The van der Waals surface area contributed by atoms with Gasteiger partial charge in [-0.1, -0.05) is 5.21 Å². The summed E-state index contributed by atoms with van der Waals surface area (Å²) in [6.45, 7) is 2.01. The molecule has 0 spiro atoms. The van der Waals surface area contributed by atoms with E-state index in [1.807, 2.05) is 0 Å². The van der Waals surface area contributed by atoms with E-state index in [0.717, 1.165) is 6.54 Å². The zero-order valence-corrected chi connectivity index (χ0v) is 7.99. The molecule has 0 bridgehead atoms. The maximum atomic E-state index is 5.24. The van der Waals surface area contributed by atoms with Crippen molar-refractivity contribution in [3.63, 3.8) is 0 Å². The molecule has 1 heterocycles. The number of nitrogens with zero attached hydrogens (tertiary/aromatic N) is 3. The molecule has 72 valence electrons. The molecule has 0 aliphatic heterocycles. The van der Waals surface area contributed by atoms with Crippen molar-refractivity contribution in [2.24, 2.45) is 5.73 Å². The quantitative estimate of drug-likeness (QED) is 0.565. The molecule has 0 aliphatic carbocycles. The van der Waals surface area contributed by atoms with Gasteiger partial charge in [0.15, 0.2) is 5.82 Å². The Morgan fingerprint density at radius 1 is 1.42 bits per heavy atom. The highest BCUT2D eigenvalue weighted by atomic mass is 35.5. The lowest BCUT2D eigenvalue weighted by Gasteiger charge is -1.95. The van der Waals surface area contributed by atoms with Gasteiger partial charge in [0.1, 0.15) is 0 Å². The number of halogens is 2. The van der Waals surface area contributed by atoms with Gasteiger partial charge in [0, 0.05) is 13.1 Å². The molecule has 0 saturated heterocycles. The van der Waals surface area contributed by atoms with E-state index in [2.05, 4.69) is 25.9 Å². The van der Waals surface area contributed by atoms with Crippen molar-refractivity contribution in [1.29, 1.82) is 0 Å². The Morgan fingerprint density at radius 2 is 2.17 bits per heavy atom. The highest BCUT2D eigenvalue weighted by Gasteiger charge is 1.93. The molecule has 4 N–H and O–H groups in total. The highest BCUT2D eigenvalue weighted by molar-refractivity contribution is 5.85. The molecule has 0 aromatic carbocycles. The molecule has 0 saturated carbocycles. The van der Waals surface area contributed by atoms with Crippen LogP contribution < -0.4 is 11.1 Å². The summed E-state index contributed by atoms with van der Waals surface area (Å²) in [6.07, 6.45) is 0. The Bertz CT molecular complexity index is 166. The van der Waals surface area contributed by atoms with Crippen LogP contribution in [0.25, 0.3) is 0 Å². The van der Waals surface area contributed by atoms with Gasteiger partial charge in [-0.25, -0.2) is 0 Å². The number of hydrogen-bond acceptors (Lipinski definition) is 5. The molecular formula is C4H12Cl2N6. The standard InChI is InChI=1S/C4H10N6.2ClH/c5-1-2-6-3-4-7-9-10-8-4;;/h6H,1-3,5H2,(H,7,8,9,10);2*1H. The fourth-order valence-electron chi connectivity index (χ4n) is 0.560. The van der Waals surface area contributed by atoms with Crippen LogP contribution in [0.2, 0.25) is 0 Å². The normalized spacial score (nSPS) is 8.42. The molecule has 12 heavy (non-hydrogen) atoms. The minimum atomic E-state index is 0. The molecule has 0 radical (unpaired) electrons. The van der Waals surface area contributed by atoms with Crippen LogP contribution in [0.1, 0.15) is 5.82 Å². The average molecular weight is 215 g/mol. The van der Waals surface area contributed by atoms with Crippen LogP contribution in [0.5, 0.6) is 0 Å². The number of nitrogens with one attached hydrogen (secondary N) is 2. The monoisotopic (exact) mass is 214 g/mol. The first kappa shape index (κ1) is 14.1. The number of rotatable bonds is 4. The topological polar surface area (TPSA) is 92.5 Å². The van der Waals surface area contributed by atoms with Gasteiger partial charge in [-0.05, 0) is 0 Å². The molecular weight excluding hydrogens is 203 g/mol. The number of hydrogen-bond donors (Lipinski definition) is 3. The molecule has 0 unspecified atom stereocenters. The van der Waals surface area contributed by atoms with Crippen LogP contribution in [0, 0.1) is 0 Å². The second kappa shape index (κ2) is 8.66. The first-order valence-electron chi connectivity index (χ1n) is 3.06. The number of aromatic amines is 1. The SMILES string of the molecule is Cl.Cl.NCCNCc1nn[nH]n1. The molecule has 8 heteroatoms. The predicted octanol–water partition coefficient (Wildman–Crippen LogP) is -0.908. The maximum Gasteiger partial charge on any atom is 0.188 e. The van der Waals surface area contributed by atoms with Gasteiger partial charge in [-0.3, -0.25) is 0 Å². The first-order chi connectivity index (χ1) is 4.93. The van der Waals surface area contributed by atoms with Crippen molar-refractivity contribution >= 4 is 24.8 Å². The van der Waals surface area contributed by atoms with Crippen LogP contribution >= 0.6 is 24.8 Å². The molecule has 0 atom stereocenters. The number of H-pyrrole nitrogens is 1. The molecule has 1 aromatic rings. The van der Waals surface area contributed by atoms with Crippen LogP contribution in [0.4, 0.5) is 0 Å². The molecule has 1 rings (SSSR count). The van der Waals surface area contributed by atoms with Crippen molar-refractivity contribution in [2.45, 2.75) is 6.54 Å². The number of tetrazole rings is 1. The molecule has 0 amide bonds. The molecule has 0 fully saturated rings. The average Bonchev–Trinajstić information content (AvgIpc) is 2.41. The third-order valence-electron chi connectivity index (χ3n) is 0.993. The van der Waals surface area contributed by atoms with E-state index in [0.29, 0.717) is 18.9 Å². The molecule has 1 aromatic heterocycles. The zero-order chi connectivity index (χ0) is 7.23. The summed E-state index contributed by atoms with van der Waals surface area (Å²) in [4.78, 5) is 0. The van der Waals surface area contributed by atoms with Gasteiger partial charge >= 0.3 is 0 Å². The van der Waals surface area contributed by atoms with Crippen LogP contribution in [-0.2, 0) is 6.54 Å². The lowest BCUT2D eigenvalue weighted by molar-refractivity contribution is 0.667. The summed E-state index contributed by atoms with van der Waals surface area (Å²) in [6, 6.07) is 0. The van der Waals surface area contributed by atoms with Crippen molar-refractivity contribution in [3.05, 3.63) is 5.82 Å². The predicted molar refractivity (Wildman–Crippen MR) is 49.4 cm³/mol. The smallest absolute Gasteiger partial charge is 0.188 e. The van der Waals surface area contributed by atoms with E-state index < -0.39 is 0 Å². The van der Waals surface area contributed by atoms with Gasteiger partial charge < -0.3 is 11.1 Å². The largest absolute Gasteiger partial charge is 0.329 e. The fourth-order valence-corrected chi connectivity index (χ4v) is 0.560. The Balaban J connectivity index is 0. The number of nitrogens with two attached hydrogens (primary N) is 1. The lowest BCUT2D eigenvalue weighted by atomic mass is 10.5. The number of aromatic nitrogens is 4. The summed E-state index contributed by atoms with van der Waals surface area (Å²) in [5, 5.41) is 16.3. The van der Waals surface area contributed by atoms with E-state index >= 15 is 0 Å². The Kier molecular flexibility index (Phi) is 10.2. The van der Waals surface area contributed by atoms with Gasteiger partial charge in [0.05, 0.1) is 6.54 Å². The summed E-state index contributed by atoms with van der Waals surface area (Å²) in [5.41, 5.74) is 5.24. The van der Waals surface area contributed by atoms with E-state index in [1.54, 1.807) is 0 Å². The van der Waals surface area contributed by atoms with Gasteiger partial charge in [-0.15, -0.1) is 35.0 Å². The van der Waals surface area contributed by atoms with Crippen molar-refractivity contribution in [1.82, 2.24) is 25.9 Å². The second-order valence-electron chi connectivity index (χ2n) is 1.79. The Labute approximate surface area is 82.5 Å². The lowest BCUT2D eigenvalue weighted by Crippen LogP contribution is -2.22. The fraction of sp³-hybridized carbons (Fsp3) is 0.750. The van der Waals surface area contributed by atoms with Crippen LogP contribution in [0.3, 0.4) is 0 Å². The summed E-state index contributed by atoms with van der Waals surface area (Å²) in [5.74, 6) is 0.661. The van der Waals surface area contributed by atoms with Crippen molar-refractivity contribution in [2.75, 3.05) is 13.1 Å². The summed E-state index contributed by atoms with van der Waals surface area (Å²) >= 11 is 0. The van der Waals surface area contributed by atoms with Crippen LogP contribution in [-0.4, -0.2) is 33.7 Å². The Hall–Kier alpha value is -0.430. The van der Waals surface area contributed by atoms with E-state index in [4.69, 9.17) is 5.73 Å². The van der Waals surface area contributed by atoms with Crippen molar-refractivity contribution in [3.8, 4) is 0 Å². The highest BCUT2D eigenvalue weighted by Crippen LogP contribution is 1.78.